The molecule has 3 fully saturated rings. The summed E-state index contributed by atoms with van der Waals surface area (Å²) in [5.41, 5.74) is 0.825. The largest absolute Gasteiger partial charge is 0.416 e. The minimum absolute atomic E-state index is 0.206. The Balaban J connectivity index is 1.54. The van der Waals surface area contributed by atoms with Crippen LogP contribution in [0.3, 0.4) is 0 Å². The number of benzene rings is 2. The van der Waals surface area contributed by atoms with Crippen molar-refractivity contribution in [3.8, 4) is 0 Å². The Morgan fingerprint density at radius 1 is 1.18 bits per heavy atom. The van der Waals surface area contributed by atoms with E-state index < -0.39 is 23.7 Å². The molecule has 1 N–H and O–H groups in total. The third-order valence-electron chi connectivity index (χ3n) is 7.91. The molecule has 3 nitrogen and oxygen atoms in total. The van der Waals surface area contributed by atoms with Gasteiger partial charge in [0.15, 0.2) is 0 Å². The van der Waals surface area contributed by atoms with Gasteiger partial charge in [-0.15, -0.1) is 6.58 Å². The van der Waals surface area contributed by atoms with E-state index >= 15 is 0 Å². The van der Waals surface area contributed by atoms with Crippen molar-refractivity contribution in [2.24, 2.45) is 11.8 Å². The second-order valence-electron chi connectivity index (χ2n) is 9.70. The summed E-state index contributed by atoms with van der Waals surface area (Å²) in [4.78, 5) is 4.40. The van der Waals surface area contributed by atoms with E-state index in [-0.39, 0.29) is 24.1 Å². The summed E-state index contributed by atoms with van der Waals surface area (Å²) in [6.07, 6.45) is -0.117. The lowest BCUT2D eigenvalue weighted by molar-refractivity contribution is -0.985. The van der Waals surface area contributed by atoms with Gasteiger partial charge in [-0.3, -0.25) is 4.98 Å². The number of aliphatic hydroxyl groups is 1. The highest BCUT2D eigenvalue weighted by Gasteiger charge is 2.54. The molecule has 4 heterocycles. The number of halogens is 4. The smallest absolute Gasteiger partial charge is 0.382 e. The van der Waals surface area contributed by atoms with Crippen LogP contribution in [0.2, 0.25) is 0 Å². The molecule has 6 rings (SSSR count). The maximum absolute atomic E-state index is 14.9. The molecular weight excluding hydrogens is 444 g/mol. The van der Waals surface area contributed by atoms with Gasteiger partial charge in [0.2, 0.25) is 0 Å². The fraction of sp³-hybridized carbons (Fsp3) is 0.370. The molecule has 3 aromatic rings. The molecule has 3 saturated heterocycles. The molecule has 7 heteroatoms. The molecule has 0 aliphatic carbocycles. The number of aliphatic hydroxyl groups excluding tert-OH is 1. The van der Waals surface area contributed by atoms with E-state index in [0.29, 0.717) is 23.0 Å². The van der Waals surface area contributed by atoms with Crippen LogP contribution >= 0.6 is 0 Å². The zero-order chi connectivity index (χ0) is 24.1. The normalized spacial score (nSPS) is 27.6. The number of alkyl halides is 3. The highest BCUT2D eigenvalue weighted by atomic mass is 19.4. The van der Waals surface area contributed by atoms with E-state index in [1.54, 1.807) is 6.20 Å². The summed E-state index contributed by atoms with van der Waals surface area (Å²) < 4.78 is 54.5. The number of piperidine rings is 3. The highest BCUT2D eigenvalue weighted by Crippen LogP contribution is 2.48. The summed E-state index contributed by atoms with van der Waals surface area (Å²) >= 11 is 0. The van der Waals surface area contributed by atoms with Gasteiger partial charge in [0.25, 0.3) is 0 Å². The third kappa shape index (κ3) is 3.91. The first kappa shape index (κ1) is 23.0. The van der Waals surface area contributed by atoms with Crippen LogP contribution < -0.4 is 0 Å². The average Bonchev–Trinajstić information content (AvgIpc) is 2.84. The Hall–Kier alpha value is -2.77. The maximum Gasteiger partial charge on any atom is 0.416 e. The van der Waals surface area contributed by atoms with Crippen LogP contribution in [0.15, 0.2) is 67.4 Å². The Bertz CT molecular complexity index is 1220. The summed E-state index contributed by atoms with van der Waals surface area (Å²) in [7, 11) is 0. The van der Waals surface area contributed by atoms with Crippen LogP contribution in [0.5, 0.6) is 0 Å². The van der Waals surface area contributed by atoms with Gasteiger partial charge in [-0.25, -0.2) is 4.39 Å². The van der Waals surface area contributed by atoms with Gasteiger partial charge in [-0.1, -0.05) is 24.3 Å². The van der Waals surface area contributed by atoms with Gasteiger partial charge in [-0.2, -0.15) is 13.2 Å². The lowest BCUT2D eigenvalue weighted by atomic mass is 9.71. The van der Waals surface area contributed by atoms with Crippen LogP contribution in [0.25, 0.3) is 10.9 Å². The molecule has 2 aromatic carbocycles. The predicted octanol–water partition coefficient (Wildman–Crippen LogP) is 6.04. The van der Waals surface area contributed by atoms with Crippen molar-refractivity contribution in [2.75, 3.05) is 13.1 Å². The Morgan fingerprint density at radius 3 is 2.71 bits per heavy atom. The molecule has 0 radical (unpaired) electrons. The Kier molecular flexibility index (Phi) is 5.73. The summed E-state index contributed by atoms with van der Waals surface area (Å²) in [5, 5.41) is 12.6. The molecule has 1 aromatic heterocycles. The summed E-state index contributed by atoms with van der Waals surface area (Å²) in [5.74, 6) is -0.251. The number of rotatable bonds is 5. The minimum Gasteiger partial charge on any atom is -0.382 e. The van der Waals surface area contributed by atoms with Crippen LogP contribution in [0.1, 0.15) is 35.6 Å². The number of nitrogens with zero attached hydrogens (tertiary/aromatic N) is 2. The van der Waals surface area contributed by atoms with E-state index in [1.165, 1.54) is 6.07 Å². The first-order chi connectivity index (χ1) is 16.2. The first-order valence-corrected chi connectivity index (χ1v) is 11.6. The second-order valence-corrected chi connectivity index (χ2v) is 9.70. The predicted molar refractivity (Wildman–Crippen MR) is 122 cm³/mol. The highest BCUT2D eigenvalue weighted by molar-refractivity contribution is 5.82. The first-order valence-electron chi connectivity index (χ1n) is 11.6. The lowest BCUT2D eigenvalue weighted by Gasteiger charge is -2.58. The average molecular weight is 472 g/mol. The van der Waals surface area contributed by atoms with Gasteiger partial charge in [0.1, 0.15) is 24.5 Å². The van der Waals surface area contributed by atoms with Gasteiger partial charge in [0.05, 0.1) is 24.2 Å². The molecule has 178 valence electrons. The van der Waals surface area contributed by atoms with Crippen molar-refractivity contribution in [1.29, 1.82) is 0 Å². The number of quaternary nitrogens is 1. The van der Waals surface area contributed by atoms with Crippen LogP contribution in [-0.2, 0) is 12.7 Å². The van der Waals surface area contributed by atoms with Crippen molar-refractivity contribution < 1.29 is 27.2 Å². The monoisotopic (exact) mass is 471 g/mol. The fourth-order valence-corrected chi connectivity index (χ4v) is 6.16. The number of para-hydroxylation sites is 1. The minimum atomic E-state index is -4.59. The zero-order valence-electron chi connectivity index (χ0n) is 18.7. The molecule has 34 heavy (non-hydrogen) atoms. The quantitative estimate of drug-likeness (QED) is 0.280. The van der Waals surface area contributed by atoms with E-state index in [4.69, 9.17) is 0 Å². The van der Waals surface area contributed by atoms with Crippen molar-refractivity contribution in [3.63, 3.8) is 0 Å². The fourth-order valence-electron chi connectivity index (χ4n) is 6.16. The molecule has 3 aliphatic rings. The zero-order valence-corrected chi connectivity index (χ0v) is 18.7. The molecule has 0 saturated carbocycles. The second kappa shape index (κ2) is 8.47. The van der Waals surface area contributed by atoms with Crippen LogP contribution in [-0.4, -0.2) is 33.7 Å². The molecular formula is C27H27F4N2O+. The van der Waals surface area contributed by atoms with Crippen molar-refractivity contribution in [3.05, 3.63) is 89.9 Å². The Morgan fingerprint density at radius 2 is 1.97 bits per heavy atom. The third-order valence-corrected chi connectivity index (χ3v) is 7.91. The number of pyridine rings is 1. The van der Waals surface area contributed by atoms with Gasteiger partial charge < -0.3 is 9.59 Å². The summed E-state index contributed by atoms with van der Waals surface area (Å²) in [6, 6.07) is 12.0. The molecule has 3 aliphatic heterocycles. The van der Waals surface area contributed by atoms with Crippen LogP contribution in [0, 0.1) is 17.7 Å². The SMILES string of the molecule is C=C[C@H]1C[N@+]2(Cc3ccc(C(F)(F)F)cc3F)CC[C@H]1CC2[C@@H](O)c1ccnc2ccccc12. The standard InChI is InChI=1S/C27H27F4N2O/c1-2-17-15-33(16-19-7-8-20(14-23(19)28)27(29,30)31)12-10-18(17)13-25(33)26(34)22-9-11-32-24-6-4-3-5-21(22)24/h2-9,11,14,17-18,25-26,34H,1,10,12-13,15-16H2/q+1/t17-,18-,25?,26-,33-/m0/s1. The lowest BCUT2D eigenvalue weighted by Crippen LogP contribution is -2.67. The van der Waals surface area contributed by atoms with E-state index in [9.17, 15) is 22.7 Å². The van der Waals surface area contributed by atoms with Crippen LogP contribution in [0.4, 0.5) is 17.6 Å². The molecule has 0 amide bonds. The van der Waals surface area contributed by atoms with Gasteiger partial charge >= 0.3 is 6.18 Å². The van der Waals surface area contributed by atoms with E-state index in [0.717, 1.165) is 41.9 Å². The molecule has 2 bridgehead atoms. The topological polar surface area (TPSA) is 33.1 Å². The maximum atomic E-state index is 14.9. The molecule has 5 atom stereocenters. The molecule has 1 unspecified atom stereocenters. The van der Waals surface area contributed by atoms with Crippen molar-refractivity contribution >= 4 is 10.9 Å². The van der Waals surface area contributed by atoms with Crippen molar-refractivity contribution in [1.82, 2.24) is 4.98 Å². The number of hydrogen-bond donors (Lipinski definition) is 1. The van der Waals surface area contributed by atoms with E-state index in [2.05, 4.69) is 11.6 Å². The Labute approximate surface area is 195 Å². The number of aromatic nitrogens is 1. The number of hydrogen-bond acceptors (Lipinski definition) is 2. The number of fused-ring (bicyclic) bond motifs is 4. The van der Waals surface area contributed by atoms with Crippen molar-refractivity contribution in [2.45, 2.75) is 37.7 Å². The van der Waals surface area contributed by atoms with Gasteiger partial charge in [-0.05, 0) is 41.8 Å². The van der Waals surface area contributed by atoms with Gasteiger partial charge in [0, 0.05) is 35.9 Å². The summed E-state index contributed by atoms with van der Waals surface area (Å²) in [6.45, 7) is 5.63. The van der Waals surface area contributed by atoms with E-state index in [1.807, 2.05) is 36.4 Å². The molecule has 0 spiro atoms.